The molecule has 78 valence electrons. The fraction of sp³-hybridized carbons (Fsp3) is 0.0909. The third-order valence-electron chi connectivity index (χ3n) is 2.16. The maximum Gasteiger partial charge on any atom is 0.198 e. The van der Waals surface area contributed by atoms with Crippen molar-refractivity contribution in [3.05, 3.63) is 42.0 Å². The second-order valence-corrected chi connectivity index (χ2v) is 3.46. The van der Waals surface area contributed by atoms with Crippen molar-refractivity contribution in [2.45, 2.75) is 5.88 Å². The van der Waals surface area contributed by atoms with Gasteiger partial charge >= 0.3 is 0 Å². The molecule has 0 atom stereocenters. The molecule has 4 heteroatoms. The lowest BCUT2D eigenvalue weighted by Crippen LogP contribution is -1.93. The molecule has 1 aromatic heterocycles. The van der Waals surface area contributed by atoms with E-state index in [1.807, 2.05) is 18.2 Å². The van der Waals surface area contributed by atoms with Crippen molar-refractivity contribution in [2.24, 2.45) is 0 Å². The topological polar surface area (TPSA) is 45.4 Å². The molecule has 0 saturated carbocycles. The van der Waals surface area contributed by atoms with Gasteiger partial charge in [0.1, 0.15) is 0 Å². The van der Waals surface area contributed by atoms with Crippen LogP contribution in [0.4, 0.5) is 0 Å². The molecule has 0 amide bonds. The van der Waals surface area contributed by atoms with E-state index in [4.69, 9.17) is 11.6 Å². The van der Waals surface area contributed by atoms with Crippen LogP contribution >= 0.6 is 11.6 Å². The lowest BCUT2D eigenvalue weighted by molar-refractivity contribution is 0.402. The molecule has 0 unspecified atom stereocenters. The molecule has 0 saturated heterocycles. The summed E-state index contributed by atoms with van der Waals surface area (Å²) < 4.78 is 1.34. The highest BCUT2D eigenvalue weighted by Crippen LogP contribution is 2.26. The molecule has 0 aliphatic heterocycles. The second kappa shape index (κ2) is 3.87. The van der Waals surface area contributed by atoms with Gasteiger partial charge in [0.25, 0.3) is 0 Å². The first-order chi connectivity index (χ1) is 7.22. The Morgan fingerprint density at radius 1 is 1.07 bits per heavy atom. The average Bonchev–Trinajstić information content (AvgIpc) is 2.59. The summed E-state index contributed by atoms with van der Waals surface area (Å²) >= 11 is 5.71. The Morgan fingerprint density at radius 2 is 1.73 bits per heavy atom. The first-order valence-corrected chi connectivity index (χ1v) is 5.01. The Balaban J connectivity index is 2.53. The number of hydrogen-bond donors (Lipinski definition) is 2. The average molecular weight is 224 g/mol. The Morgan fingerprint density at radius 3 is 2.33 bits per heavy atom. The molecule has 15 heavy (non-hydrogen) atoms. The van der Waals surface area contributed by atoms with E-state index >= 15 is 0 Å². The molecule has 1 aromatic carbocycles. The van der Waals surface area contributed by atoms with E-state index in [-0.39, 0.29) is 11.8 Å². The number of aromatic hydroxyl groups is 2. The van der Waals surface area contributed by atoms with Crippen molar-refractivity contribution in [2.75, 3.05) is 0 Å². The van der Waals surface area contributed by atoms with Gasteiger partial charge in [-0.2, -0.15) is 0 Å². The first kappa shape index (κ1) is 9.93. The highest BCUT2D eigenvalue weighted by Gasteiger charge is 2.07. The van der Waals surface area contributed by atoms with Gasteiger partial charge in [0.05, 0.1) is 5.69 Å². The van der Waals surface area contributed by atoms with Crippen molar-refractivity contribution < 1.29 is 10.2 Å². The van der Waals surface area contributed by atoms with Crippen LogP contribution in [-0.2, 0) is 5.88 Å². The fourth-order valence-corrected chi connectivity index (χ4v) is 1.62. The lowest BCUT2D eigenvalue weighted by atomic mass is 10.2. The van der Waals surface area contributed by atoms with Crippen LogP contribution in [0, 0.1) is 0 Å². The minimum absolute atomic E-state index is 0.000720. The van der Waals surface area contributed by atoms with Crippen molar-refractivity contribution in [1.82, 2.24) is 4.57 Å². The van der Waals surface area contributed by atoms with Gasteiger partial charge in [-0.25, -0.2) is 0 Å². The summed E-state index contributed by atoms with van der Waals surface area (Å²) in [5, 5.41) is 19.0. The zero-order valence-corrected chi connectivity index (χ0v) is 8.65. The van der Waals surface area contributed by atoms with Crippen LogP contribution in [0.3, 0.4) is 0 Å². The summed E-state index contributed by atoms with van der Waals surface area (Å²) in [6.45, 7) is 0. The van der Waals surface area contributed by atoms with Crippen molar-refractivity contribution in [1.29, 1.82) is 0 Å². The summed E-state index contributed by atoms with van der Waals surface area (Å²) in [5.41, 5.74) is 1.62. The predicted octanol–water partition coefficient (Wildman–Crippen LogP) is 2.63. The Bertz CT molecular complexity index is 460. The summed E-state index contributed by atoms with van der Waals surface area (Å²) in [6, 6.07) is 10.2. The number of nitrogens with zero attached hydrogens (tertiary/aromatic N) is 1. The first-order valence-electron chi connectivity index (χ1n) is 4.47. The quantitative estimate of drug-likeness (QED) is 0.769. The molecule has 0 fully saturated rings. The van der Waals surface area contributed by atoms with Crippen LogP contribution in [0.15, 0.2) is 36.4 Å². The largest absolute Gasteiger partial charge is 0.494 e. The van der Waals surface area contributed by atoms with Crippen LogP contribution in [0.2, 0.25) is 0 Å². The lowest BCUT2D eigenvalue weighted by Gasteiger charge is -2.07. The van der Waals surface area contributed by atoms with Gasteiger partial charge in [0.15, 0.2) is 11.8 Å². The van der Waals surface area contributed by atoms with Gasteiger partial charge in [0, 0.05) is 18.0 Å². The normalized spacial score (nSPS) is 10.5. The number of halogens is 1. The maximum absolute atomic E-state index is 9.52. The Hall–Kier alpha value is -1.61. The summed E-state index contributed by atoms with van der Waals surface area (Å²) in [4.78, 5) is 0. The van der Waals surface area contributed by atoms with Crippen molar-refractivity contribution >= 4 is 11.6 Å². The number of alkyl halides is 1. The molecule has 0 aliphatic carbocycles. The van der Waals surface area contributed by atoms with Gasteiger partial charge in [-0.15, -0.1) is 11.6 Å². The van der Waals surface area contributed by atoms with E-state index in [2.05, 4.69) is 0 Å². The molecule has 2 rings (SSSR count). The number of hydrogen-bond acceptors (Lipinski definition) is 2. The molecule has 2 aromatic rings. The Kier molecular flexibility index (Phi) is 2.56. The molecule has 0 spiro atoms. The number of rotatable bonds is 2. The monoisotopic (exact) mass is 223 g/mol. The van der Waals surface area contributed by atoms with Crippen LogP contribution in [0.5, 0.6) is 11.8 Å². The fourth-order valence-electron chi connectivity index (χ4n) is 1.46. The molecule has 1 heterocycles. The SMILES string of the molecule is Oc1ccc(O)n1-c1cccc(CCl)c1. The molecule has 0 aliphatic rings. The van der Waals surface area contributed by atoms with Gasteiger partial charge in [0.2, 0.25) is 0 Å². The summed E-state index contributed by atoms with van der Waals surface area (Å²) in [7, 11) is 0. The zero-order chi connectivity index (χ0) is 10.8. The highest BCUT2D eigenvalue weighted by molar-refractivity contribution is 6.17. The smallest absolute Gasteiger partial charge is 0.198 e. The minimum Gasteiger partial charge on any atom is -0.494 e. The number of aromatic nitrogens is 1. The summed E-state index contributed by atoms with van der Waals surface area (Å²) in [6.07, 6.45) is 0. The predicted molar refractivity (Wildman–Crippen MR) is 58.7 cm³/mol. The van der Waals surface area contributed by atoms with Gasteiger partial charge in [-0.1, -0.05) is 12.1 Å². The van der Waals surface area contributed by atoms with Crippen LogP contribution in [-0.4, -0.2) is 14.8 Å². The molecule has 3 nitrogen and oxygen atoms in total. The summed E-state index contributed by atoms with van der Waals surface area (Å²) in [5.74, 6) is 0.398. The second-order valence-electron chi connectivity index (χ2n) is 3.19. The molecule has 0 bridgehead atoms. The van der Waals surface area contributed by atoms with Gasteiger partial charge in [-0.05, 0) is 17.7 Å². The van der Waals surface area contributed by atoms with Gasteiger partial charge in [-0.3, -0.25) is 4.57 Å². The van der Waals surface area contributed by atoms with E-state index < -0.39 is 0 Å². The van der Waals surface area contributed by atoms with E-state index in [1.165, 1.54) is 16.7 Å². The van der Waals surface area contributed by atoms with E-state index in [9.17, 15) is 10.2 Å². The minimum atomic E-state index is -0.000720. The molecule has 2 N–H and O–H groups in total. The zero-order valence-electron chi connectivity index (χ0n) is 7.89. The van der Waals surface area contributed by atoms with Crippen molar-refractivity contribution in [3.63, 3.8) is 0 Å². The highest BCUT2D eigenvalue weighted by atomic mass is 35.5. The molecular weight excluding hydrogens is 214 g/mol. The van der Waals surface area contributed by atoms with E-state index in [0.717, 1.165) is 5.56 Å². The van der Waals surface area contributed by atoms with Crippen molar-refractivity contribution in [3.8, 4) is 17.4 Å². The molecular formula is C11H10ClNO2. The van der Waals surface area contributed by atoms with Crippen LogP contribution in [0.1, 0.15) is 5.56 Å². The van der Waals surface area contributed by atoms with E-state index in [0.29, 0.717) is 11.6 Å². The molecule has 0 radical (unpaired) electrons. The maximum atomic E-state index is 9.52. The van der Waals surface area contributed by atoms with E-state index in [1.54, 1.807) is 6.07 Å². The third kappa shape index (κ3) is 1.78. The van der Waals surface area contributed by atoms with Crippen LogP contribution in [0.25, 0.3) is 5.69 Å². The third-order valence-corrected chi connectivity index (χ3v) is 2.47. The standard InChI is InChI=1S/C11H10ClNO2/c12-7-8-2-1-3-9(6-8)13-10(14)4-5-11(13)15/h1-6,14-15H,7H2. The van der Waals surface area contributed by atoms with Crippen LogP contribution < -0.4 is 0 Å². The Labute approximate surface area is 92.2 Å². The van der Waals surface area contributed by atoms with Gasteiger partial charge < -0.3 is 10.2 Å². The number of benzene rings is 1.